The van der Waals surface area contributed by atoms with Gasteiger partial charge in [-0.25, -0.2) is 0 Å². The van der Waals surface area contributed by atoms with Crippen LogP contribution in [0, 0.1) is 17.8 Å². The zero-order chi connectivity index (χ0) is 10.8. The Morgan fingerprint density at radius 1 is 1.20 bits per heavy atom. The van der Waals surface area contributed by atoms with Crippen molar-refractivity contribution >= 4 is 0 Å². The highest BCUT2D eigenvalue weighted by atomic mass is 16.5. The van der Waals surface area contributed by atoms with Gasteiger partial charge in [0.05, 0.1) is 19.3 Å². The quantitative estimate of drug-likeness (QED) is 0.774. The first-order valence-electron chi connectivity index (χ1n) is 6.50. The van der Waals surface area contributed by atoms with E-state index in [1.54, 1.807) is 0 Å². The zero-order valence-corrected chi connectivity index (χ0v) is 10.3. The van der Waals surface area contributed by atoms with Gasteiger partial charge in [-0.05, 0) is 30.6 Å². The van der Waals surface area contributed by atoms with E-state index in [4.69, 9.17) is 4.74 Å². The molecule has 2 heteroatoms. The first-order chi connectivity index (χ1) is 7.16. The lowest BCUT2D eigenvalue weighted by Gasteiger charge is -2.41. The van der Waals surface area contributed by atoms with Crippen molar-refractivity contribution in [2.75, 3.05) is 13.2 Å². The lowest BCUT2D eigenvalue weighted by atomic mass is 9.74. The molecule has 0 amide bonds. The molecule has 0 aromatic heterocycles. The Balaban J connectivity index is 1.89. The Bertz CT molecular complexity index is 201. The fourth-order valence-corrected chi connectivity index (χ4v) is 3.03. The van der Waals surface area contributed by atoms with E-state index in [0.29, 0.717) is 6.04 Å². The maximum Gasteiger partial charge on any atom is 0.0643 e. The molecule has 0 spiro atoms. The molecule has 2 nitrogen and oxygen atoms in total. The number of nitrogens with one attached hydrogen (secondary N) is 1. The Labute approximate surface area is 93.8 Å². The fraction of sp³-hybridized carbons (Fsp3) is 1.00. The van der Waals surface area contributed by atoms with Crippen molar-refractivity contribution in [3.05, 3.63) is 0 Å². The van der Waals surface area contributed by atoms with Crippen LogP contribution in [0.2, 0.25) is 0 Å². The van der Waals surface area contributed by atoms with Crippen molar-refractivity contribution in [1.82, 2.24) is 5.32 Å². The van der Waals surface area contributed by atoms with Crippen LogP contribution in [0.1, 0.15) is 40.0 Å². The van der Waals surface area contributed by atoms with Gasteiger partial charge in [-0.1, -0.05) is 27.2 Å². The second-order valence-electron chi connectivity index (χ2n) is 5.83. The van der Waals surface area contributed by atoms with Crippen molar-refractivity contribution in [1.29, 1.82) is 0 Å². The molecule has 88 valence electrons. The van der Waals surface area contributed by atoms with Crippen molar-refractivity contribution in [3.8, 4) is 0 Å². The fourth-order valence-electron chi connectivity index (χ4n) is 3.03. The SMILES string of the molecule is CC1CCC(C(C)C)C(NC2COC2)C1. The van der Waals surface area contributed by atoms with Gasteiger partial charge >= 0.3 is 0 Å². The summed E-state index contributed by atoms with van der Waals surface area (Å²) in [6.45, 7) is 8.98. The molecule has 0 bridgehead atoms. The Morgan fingerprint density at radius 2 is 1.93 bits per heavy atom. The molecule has 1 saturated heterocycles. The van der Waals surface area contributed by atoms with Gasteiger partial charge in [0.15, 0.2) is 0 Å². The van der Waals surface area contributed by atoms with E-state index >= 15 is 0 Å². The monoisotopic (exact) mass is 211 g/mol. The van der Waals surface area contributed by atoms with Crippen LogP contribution in [0.15, 0.2) is 0 Å². The number of rotatable bonds is 3. The van der Waals surface area contributed by atoms with Gasteiger partial charge in [0.1, 0.15) is 0 Å². The standard InChI is InChI=1S/C13H25NO/c1-9(2)12-5-4-10(3)6-13(12)14-11-7-15-8-11/h9-14H,4-8H2,1-3H3. The third-order valence-electron chi connectivity index (χ3n) is 4.11. The van der Waals surface area contributed by atoms with Crippen LogP contribution in [-0.4, -0.2) is 25.3 Å². The third-order valence-corrected chi connectivity index (χ3v) is 4.11. The average molecular weight is 211 g/mol. The van der Waals surface area contributed by atoms with Crippen LogP contribution in [-0.2, 0) is 4.74 Å². The molecule has 1 heterocycles. The lowest BCUT2D eigenvalue weighted by molar-refractivity contribution is -0.0197. The van der Waals surface area contributed by atoms with Gasteiger partial charge in [-0.2, -0.15) is 0 Å². The topological polar surface area (TPSA) is 21.3 Å². The molecule has 1 N–H and O–H groups in total. The molecule has 0 aromatic rings. The summed E-state index contributed by atoms with van der Waals surface area (Å²) in [6.07, 6.45) is 4.19. The Morgan fingerprint density at radius 3 is 2.47 bits per heavy atom. The maximum atomic E-state index is 5.24. The molecular formula is C13H25NO. The normalized spacial score (nSPS) is 38.0. The molecule has 2 fully saturated rings. The molecule has 2 rings (SSSR count). The summed E-state index contributed by atoms with van der Waals surface area (Å²) < 4.78 is 5.24. The highest BCUT2D eigenvalue weighted by molar-refractivity contribution is 4.89. The molecule has 3 unspecified atom stereocenters. The minimum Gasteiger partial charge on any atom is -0.378 e. The Hall–Kier alpha value is -0.0800. The van der Waals surface area contributed by atoms with E-state index in [2.05, 4.69) is 26.1 Å². The van der Waals surface area contributed by atoms with Crippen molar-refractivity contribution in [2.24, 2.45) is 17.8 Å². The molecule has 1 aliphatic carbocycles. The van der Waals surface area contributed by atoms with E-state index in [9.17, 15) is 0 Å². The maximum absolute atomic E-state index is 5.24. The van der Waals surface area contributed by atoms with Crippen LogP contribution in [0.3, 0.4) is 0 Å². The molecule has 1 saturated carbocycles. The molecule has 2 aliphatic rings. The van der Waals surface area contributed by atoms with Crippen LogP contribution in [0.5, 0.6) is 0 Å². The molecule has 15 heavy (non-hydrogen) atoms. The summed E-state index contributed by atoms with van der Waals surface area (Å²) in [5, 5.41) is 3.79. The summed E-state index contributed by atoms with van der Waals surface area (Å²) >= 11 is 0. The van der Waals surface area contributed by atoms with E-state index in [-0.39, 0.29) is 0 Å². The van der Waals surface area contributed by atoms with E-state index < -0.39 is 0 Å². The summed E-state index contributed by atoms with van der Waals surface area (Å²) in [5.41, 5.74) is 0. The molecule has 1 aliphatic heterocycles. The first-order valence-corrected chi connectivity index (χ1v) is 6.50. The van der Waals surface area contributed by atoms with Crippen LogP contribution < -0.4 is 5.32 Å². The van der Waals surface area contributed by atoms with Crippen molar-refractivity contribution in [3.63, 3.8) is 0 Å². The van der Waals surface area contributed by atoms with E-state index in [1.807, 2.05) is 0 Å². The number of hydrogen-bond donors (Lipinski definition) is 1. The summed E-state index contributed by atoms with van der Waals surface area (Å²) in [7, 11) is 0. The Kier molecular flexibility index (Phi) is 3.68. The minimum absolute atomic E-state index is 0.640. The predicted octanol–water partition coefficient (Wildman–Crippen LogP) is 2.44. The van der Waals surface area contributed by atoms with Gasteiger partial charge in [-0.3, -0.25) is 0 Å². The molecule has 3 atom stereocenters. The van der Waals surface area contributed by atoms with Gasteiger partial charge < -0.3 is 10.1 Å². The minimum atomic E-state index is 0.640. The largest absolute Gasteiger partial charge is 0.378 e. The van der Waals surface area contributed by atoms with Crippen LogP contribution in [0.4, 0.5) is 0 Å². The average Bonchev–Trinajstić information content (AvgIpc) is 2.11. The zero-order valence-electron chi connectivity index (χ0n) is 10.3. The van der Waals surface area contributed by atoms with Gasteiger partial charge in [0.2, 0.25) is 0 Å². The van der Waals surface area contributed by atoms with Crippen LogP contribution in [0.25, 0.3) is 0 Å². The van der Waals surface area contributed by atoms with Crippen LogP contribution >= 0.6 is 0 Å². The molecule has 0 aromatic carbocycles. The smallest absolute Gasteiger partial charge is 0.0643 e. The second-order valence-corrected chi connectivity index (χ2v) is 5.83. The molecule has 0 radical (unpaired) electrons. The summed E-state index contributed by atoms with van der Waals surface area (Å²) in [5.74, 6) is 2.59. The summed E-state index contributed by atoms with van der Waals surface area (Å²) in [6, 6.07) is 1.38. The van der Waals surface area contributed by atoms with Crippen molar-refractivity contribution < 1.29 is 4.74 Å². The second kappa shape index (κ2) is 4.84. The third kappa shape index (κ3) is 2.73. The summed E-state index contributed by atoms with van der Waals surface area (Å²) in [4.78, 5) is 0. The van der Waals surface area contributed by atoms with Crippen molar-refractivity contribution in [2.45, 2.75) is 52.1 Å². The number of ether oxygens (including phenoxy) is 1. The lowest BCUT2D eigenvalue weighted by Crippen LogP contribution is -2.54. The van der Waals surface area contributed by atoms with E-state index in [1.165, 1.54) is 19.3 Å². The van der Waals surface area contributed by atoms with E-state index in [0.717, 1.165) is 37.0 Å². The van der Waals surface area contributed by atoms with Gasteiger partial charge in [0, 0.05) is 6.04 Å². The van der Waals surface area contributed by atoms with Gasteiger partial charge in [-0.15, -0.1) is 0 Å². The molecular weight excluding hydrogens is 186 g/mol. The first kappa shape index (κ1) is 11.4. The predicted molar refractivity (Wildman–Crippen MR) is 62.9 cm³/mol. The highest BCUT2D eigenvalue weighted by Gasteiger charge is 2.33. The number of hydrogen-bond acceptors (Lipinski definition) is 2. The highest BCUT2D eigenvalue weighted by Crippen LogP contribution is 2.33. The van der Waals surface area contributed by atoms with Gasteiger partial charge in [0.25, 0.3) is 0 Å².